The molecule has 1 heterocycles. The lowest BCUT2D eigenvalue weighted by molar-refractivity contribution is -0.116. The lowest BCUT2D eigenvalue weighted by atomic mass is 9.69. The van der Waals surface area contributed by atoms with Crippen LogP contribution in [0.15, 0.2) is 24.3 Å². The largest absolute Gasteiger partial charge is 0.504 e. The molecular weight excluding hydrogens is 292 g/mol. The fourth-order valence-electron chi connectivity index (χ4n) is 3.84. The highest BCUT2D eigenvalue weighted by molar-refractivity contribution is 5.92. The van der Waals surface area contributed by atoms with Gasteiger partial charge < -0.3 is 14.4 Å². The van der Waals surface area contributed by atoms with Gasteiger partial charge in [-0.25, -0.2) is 4.85 Å². The van der Waals surface area contributed by atoms with E-state index in [9.17, 15) is 4.79 Å². The second-order valence-corrected chi connectivity index (χ2v) is 6.13. The maximum absolute atomic E-state index is 11.9. The molecule has 0 aromatic heterocycles. The number of methoxy groups -OCH3 is 2. The van der Waals surface area contributed by atoms with Gasteiger partial charge in [-0.1, -0.05) is 6.08 Å². The average Bonchev–Trinajstić information content (AvgIpc) is 2.91. The summed E-state index contributed by atoms with van der Waals surface area (Å²) in [5.74, 6) is 1.18. The van der Waals surface area contributed by atoms with Crippen molar-refractivity contribution in [2.45, 2.75) is 24.3 Å². The molecule has 0 N–H and O–H groups in total. The van der Waals surface area contributed by atoms with Crippen LogP contribution in [-0.4, -0.2) is 44.5 Å². The Balaban J connectivity index is 2.19. The highest BCUT2D eigenvalue weighted by Crippen LogP contribution is 2.49. The molecule has 0 unspecified atom stereocenters. The van der Waals surface area contributed by atoms with Crippen molar-refractivity contribution in [1.82, 2.24) is 4.90 Å². The molecule has 5 nitrogen and oxygen atoms in total. The lowest BCUT2D eigenvalue weighted by Gasteiger charge is -2.38. The molecule has 23 heavy (non-hydrogen) atoms. The van der Waals surface area contributed by atoms with Gasteiger partial charge in [0.15, 0.2) is 11.5 Å². The van der Waals surface area contributed by atoms with Crippen LogP contribution in [0.5, 0.6) is 11.5 Å². The maximum atomic E-state index is 11.9. The smallest absolute Gasteiger partial charge is 0.232 e. The van der Waals surface area contributed by atoms with Gasteiger partial charge in [0.25, 0.3) is 0 Å². The molecule has 1 aliphatic carbocycles. The van der Waals surface area contributed by atoms with E-state index in [0.29, 0.717) is 23.6 Å². The molecule has 1 aromatic carbocycles. The minimum atomic E-state index is -0.248. The van der Waals surface area contributed by atoms with E-state index in [-0.39, 0.29) is 17.2 Å². The van der Waals surface area contributed by atoms with Crippen molar-refractivity contribution >= 4 is 11.5 Å². The Kier molecular flexibility index (Phi) is 3.87. The predicted octanol–water partition coefficient (Wildman–Crippen LogP) is 2.73. The molecule has 3 rings (SSSR count). The molecule has 1 aromatic rings. The van der Waals surface area contributed by atoms with Gasteiger partial charge in [-0.15, -0.1) is 0 Å². The van der Waals surface area contributed by atoms with Crippen LogP contribution in [0.3, 0.4) is 0 Å². The first-order chi connectivity index (χ1) is 11.1. The zero-order valence-electron chi connectivity index (χ0n) is 13.6. The average molecular weight is 312 g/mol. The van der Waals surface area contributed by atoms with E-state index in [4.69, 9.17) is 16.0 Å². The monoisotopic (exact) mass is 312 g/mol. The number of ketones is 1. The van der Waals surface area contributed by atoms with E-state index in [1.807, 2.05) is 18.2 Å². The number of hydrogen-bond donors (Lipinski definition) is 0. The van der Waals surface area contributed by atoms with Gasteiger partial charge in [0, 0.05) is 17.9 Å². The van der Waals surface area contributed by atoms with Crippen LogP contribution in [0.4, 0.5) is 5.69 Å². The Hall–Kier alpha value is -2.32. The highest BCUT2D eigenvalue weighted by Gasteiger charge is 2.48. The summed E-state index contributed by atoms with van der Waals surface area (Å²) < 4.78 is 10.8. The maximum Gasteiger partial charge on any atom is 0.232 e. The van der Waals surface area contributed by atoms with Crippen LogP contribution in [-0.2, 0) is 10.2 Å². The first-order valence-electron chi connectivity index (χ1n) is 7.62. The third-order valence-electron chi connectivity index (χ3n) is 5.08. The minimum absolute atomic E-state index is 0.122. The van der Waals surface area contributed by atoms with Gasteiger partial charge in [-0.05, 0) is 43.8 Å². The van der Waals surface area contributed by atoms with Crippen molar-refractivity contribution in [3.63, 3.8) is 0 Å². The standard InChI is InChI=1S/C18H20N2O3/c1-19-14-9-12(10-15(22-3)17(14)23-4)18-6-5-13(21)11-16(18)20(2)8-7-18/h5-6,9-10,16H,7-8,11H2,2-4H3/t16-,18-/m0/s1. The fourth-order valence-corrected chi connectivity index (χ4v) is 3.84. The number of ether oxygens (including phenoxy) is 2. The highest BCUT2D eigenvalue weighted by atomic mass is 16.5. The van der Waals surface area contributed by atoms with E-state index in [1.165, 1.54) is 7.11 Å². The number of nitrogens with zero attached hydrogens (tertiary/aromatic N) is 2. The van der Waals surface area contributed by atoms with Crippen LogP contribution in [0, 0.1) is 6.57 Å². The second-order valence-electron chi connectivity index (χ2n) is 6.13. The van der Waals surface area contributed by atoms with Crippen LogP contribution >= 0.6 is 0 Å². The quantitative estimate of drug-likeness (QED) is 0.805. The Bertz CT molecular complexity index is 720. The van der Waals surface area contributed by atoms with E-state index in [2.05, 4.69) is 16.8 Å². The van der Waals surface area contributed by atoms with Crippen molar-refractivity contribution in [3.05, 3.63) is 41.3 Å². The molecule has 0 amide bonds. The predicted molar refractivity (Wildman–Crippen MR) is 87.3 cm³/mol. The summed E-state index contributed by atoms with van der Waals surface area (Å²) in [6.07, 6.45) is 5.13. The third-order valence-corrected chi connectivity index (χ3v) is 5.08. The molecule has 2 atom stereocenters. The molecular formula is C18H20N2O3. The van der Waals surface area contributed by atoms with Crippen LogP contribution in [0.1, 0.15) is 18.4 Å². The van der Waals surface area contributed by atoms with E-state index in [1.54, 1.807) is 13.2 Å². The SMILES string of the molecule is [C-]#[N+]c1cc([C@@]23C=CC(=O)C[C@@H]2N(C)CC3)cc(OC)c1OC. The molecule has 1 saturated heterocycles. The number of likely N-dealkylation sites (N-methyl/N-ethyl adjacent to an activating group) is 1. The van der Waals surface area contributed by atoms with Gasteiger partial charge in [-0.2, -0.15) is 0 Å². The summed E-state index contributed by atoms with van der Waals surface area (Å²) in [5, 5.41) is 0. The number of fused-ring (bicyclic) bond motifs is 1. The first-order valence-corrected chi connectivity index (χ1v) is 7.62. The lowest BCUT2D eigenvalue weighted by Crippen LogP contribution is -2.43. The van der Waals surface area contributed by atoms with Crippen LogP contribution < -0.4 is 9.47 Å². The Labute approximate surface area is 136 Å². The number of allylic oxidation sites excluding steroid dienone is 1. The molecule has 2 aliphatic rings. The summed E-state index contributed by atoms with van der Waals surface area (Å²) in [6, 6.07) is 3.94. The van der Waals surface area contributed by atoms with Crippen molar-refractivity contribution in [2.75, 3.05) is 27.8 Å². The molecule has 0 saturated carbocycles. The number of rotatable bonds is 3. The molecule has 5 heteroatoms. The Morgan fingerprint density at radius 2 is 2.13 bits per heavy atom. The summed E-state index contributed by atoms with van der Waals surface area (Å²) in [5.41, 5.74) is 1.20. The van der Waals surface area contributed by atoms with Crippen molar-refractivity contribution in [1.29, 1.82) is 0 Å². The fraction of sp³-hybridized carbons (Fsp3) is 0.444. The van der Waals surface area contributed by atoms with Gasteiger partial charge >= 0.3 is 0 Å². The number of likely N-dealkylation sites (tertiary alicyclic amines) is 1. The second kappa shape index (κ2) is 5.71. The van der Waals surface area contributed by atoms with Crippen LogP contribution in [0.2, 0.25) is 0 Å². The van der Waals surface area contributed by atoms with Gasteiger partial charge in [-0.3, -0.25) is 4.79 Å². The molecule has 0 radical (unpaired) electrons. The summed E-state index contributed by atoms with van der Waals surface area (Å²) in [7, 11) is 5.16. The summed E-state index contributed by atoms with van der Waals surface area (Å²) in [6.45, 7) is 8.36. The zero-order chi connectivity index (χ0) is 16.6. The number of carbonyl (C=O) groups excluding carboxylic acids is 1. The number of benzene rings is 1. The molecule has 1 aliphatic heterocycles. The number of carbonyl (C=O) groups is 1. The summed E-state index contributed by atoms with van der Waals surface area (Å²) >= 11 is 0. The van der Waals surface area contributed by atoms with E-state index in [0.717, 1.165) is 18.5 Å². The Morgan fingerprint density at radius 3 is 2.78 bits per heavy atom. The van der Waals surface area contributed by atoms with Gasteiger partial charge in [0.05, 0.1) is 20.8 Å². The van der Waals surface area contributed by atoms with Crippen LogP contribution in [0.25, 0.3) is 4.85 Å². The summed E-state index contributed by atoms with van der Waals surface area (Å²) in [4.78, 5) is 17.7. The normalized spacial score (nSPS) is 26.7. The van der Waals surface area contributed by atoms with E-state index < -0.39 is 0 Å². The molecule has 0 spiro atoms. The van der Waals surface area contributed by atoms with Crippen molar-refractivity contribution < 1.29 is 14.3 Å². The minimum Gasteiger partial charge on any atom is -0.504 e. The third kappa shape index (κ3) is 2.30. The topological polar surface area (TPSA) is 43.1 Å². The molecule has 1 fully saturated rings. The first kappa shape index (κ1) is 15.6. The van der Waals surface area contributed by atoms with Crippen molar-refractivity contribution in [3.8, 4) is 11.5 Å². The zero-order valence-corrected chi connectivity index (χ0v) is 13.6. The van der Waals surface area contributed by atoms with Gasteiger partial charge in [0.2, 0.25) is 5.69 Å². The van der Waals surface area contributed by atoms with Crippen molar-refractivity contribution in [2.24, 2.45) is 0 Å². The molecule has 0 bridgehead atoms. The Morgan fingerprint density at radius 1 is 1.35 bits per heavy atom. The number of hydrogen-bond acceptors (Lipinski definition) is 4. The molecule has 120 valence electrons. The van der Waals surface area contributed by atoms with E-state index >= 15 is 0 Å². The van der Waals surface area contributed by atoms with Gasteiger partial charge in [0.1, 0.15) is 5.75 Å².